The Bertz CT molecular complexity index is 1930. The second kappa shape index (κ2) is 12.9. The van der Waals surface area contributed by atoms with Gasteiger partial charge in [0.1, 0.15) is 18.0 Å². The molecule has 5 nitrogen and oxygen atoms in total. The highest BCUT2D eigenvalue weighted by molar-refractivity contribution is 5.68. The van der Waals surface area contributed by atoms with Crippen LogP contribution in [0.4, 0.5) is 0 Å². The predicted molar refractivity (Wildman–Crippen MR) is 174 cm³/mol. The van der Waals surface area contributed by atoms with E-state index in [1.54, 1.807) is 14.2 Å². The molecule has 3 aromatic carbocycles. The highest BCUT2D eigenvalue weighted by Gasteiger charge is 2.32. The van der Waals surface area contributed by atoms with Crippen molar-refractivity contribution in [3.05, 3.63) is 139 Å². The van der Waals surface area contributed by atoms with Crippen LogP contribution in [0.3, 0.4) is 0 Å². The number of nitrogens with zero attached hydrogens (tertiary/aromatic N) is 3. The second-order valence-electron chi connectivity index (χ2n) is 10.7. The summed E-state index contributed by atoms with van der Waals surface area (Å²) in [5, 5.41) is 0. The van der Waals surface area contributed by atoms with Crippen LogP contribution in [0.1, 0.15) is 12.5 Å². The van der Waals surface area contributed by atoms with E-state index in [1.807, 2.05) is 24.3 Å². The van der Waals surface area contributed by atoms with Crippen LogP contribution in [-0.4, -0.2) is 14.2 Å². The zero-order chi connectivity index (χ0) is 30.5. The Morgan fingerprint density at radius 2 is 0.955 bits per heavy atom. The highest BCUT2D eigenvalue weighted by atomic mass is 16.5. The monoisotopic (exact) mass is 580 g/mol. The van der Waals surface area contributed by atoms with Crippen LogP contribution in [0.15, 0.2) is 134 Å². The Labute approximate surface area is 259 Å². The lowest BCUT2D eigenvalue weighted by molar-refractivity contribution is -0.900. The minimum absolute atomic E-state index is 0.594. The van der Waals surface area contributed by atoms with Crippen LogP contribution in [-0.2, 0) is 13.2 Å². The first kappa shape index (κ1) is 28.8. The van der Waals surface area contributed by atoms with Crippen LogP contribution in [0.2, 0.25) is 0 Å². The number of hydrogen-bond donors (Lipinski definition) is 0. The molecule has 0 N–H and O–H groups in total. The van der Waals surface area contributed by atoms with Crippen molar-refractivity contribution in [1.82, 2.24) is 0 Å². The van der Waals surface area contributed by atoms with Crippen molar-refractivity contribution in [2.24, 2.45) is 0 Å². The summed E-state index contributed by atoms with van der Waals surface area (Å²) in [6, 6.07) is 44.5. The van der Waals surface area contributed by atoms with Crippen molar-refractivity contribution in [1.29, 1.82) is 0 Å². The van der Waals surface area contributed by atoms with E-state index in [0.717, 1.165) is 57.6 Å². The molecule has 218 valence electrons. The Balaban J connectivity index is 1.61. The third-order valence-corrected chi connectivity index (χ3v) is 8.18. The number of hydrogen-bond acceptors (Lipinski definition) is 2. The normalized spacial score (nSPS) is 10.9. The van der Waals surface area contributed by atoms with Crippen LogP contribution in [0.5, 0.6) is 11.5 Å². The molecule has 0 saturated carbocycles. The molecule has 0 fully saturated rings. The van der Waals surface area contributed by atoms with Gasteiger partial charge in [-0.2, -0.15) is 4.57 Å². The molecular formula is C39H38N3O2+3. The summed E-state index contributed by atoms with van der Waals surface area (Å²) in [4.78, 5) is 0. The zero-order valence-corrected chi connectivity index (χ0v) is 25.8. The van der Waals surface area contributed by atoms with Crippen molar-refractivity contribution < 1.29 is 23.2 Å². The summed E-state index contributed by atoms with van der Waals surface area (Å²) < 4.78 is 18.7. The van der Waals surface area contributed by atoms with Gasteiger partial charge in [-0.25, -0.2) is 0 Å². The lowest BCUT2D eigenvalue weighted by atomic mass is 10.0. The Morgan fingerprint density at radius 1 is 0.477 bits per heavy atom. The van der Waals surface area contributed by atoms with E-state index in [2.05, 4.69) is 137 Å². The first-order chi connectivity index (χ1) is 21.6. The van der Waals surface area contributed by atoms with Gasteiger partial charge in [-0.1, -0.05) is 42.5 Å². The van der Waals surface area contributed by atoms with Gasteiger partial charge in [0, 0.05) is 42.0 Å². The number of para-hydroxylation sites is 2. The highest BCUT2D eigenvalue weighted by Crippen LogP contribution is 2.31. The van der Waals surface area contributed by atoms with Gasteiger partial charge in [-0.15, -0.1) is 9.13 Å². The summed E-state index contributed by atoms with van der Waals surface area (Å²) in [5.41, 5.74) is 10.1. The molecule has 0 aliphatic carbocycles. The van der Waals surface area contributed by atoms with Gasteiger partial charge >= 0.3 is 6.67 Å². The molecule has 6 aromatic rings. The SMILES string of the molecule is CC[n+]1c(-c2ccccc2OC)cccc1-c1cccc(-c2ccccc2OC)[n+]1C[n+]1ccccc1-c1ccccc1C. The summed E-state index contributed by atoms with van der Waals surface area (Å²) in [6.07, 6.45) is 2.16. The fourth-order valence-electron chi connectivity index (χ4n) is 6.06. The Morgan fingerprint density at radius 3 is 1.55 bits per heavy atom. The molecule has 0 aliphatic heterocycles. The number of rotatable bonds is 9. The number of methoxy groups -OCH3 is 2. The van der Waals surface area contributed by atoms with Gasteiger partial charge in [0.25, 0.3) is 11.4 Å². The quantitative estimate of drug-likeness (QED) is 0.171. The molecule has 0 radical (unpaired) electrons. The van der Waals surface area contributed by atoms with Crippen molar-refractivity contribution >= 4 is 0 Å². The van der Waals surface area contributed by atoms with Gasteiger partial charge in [0.05, 0.1) is 25.3 Å². The predicted octanol–water partition coefficient (Wildman–Crippen LogP) is 7.07. The number of aryl methyl sites for hydroxylation is 1. The van der Waals surface area contributed by atoms with Crippen LogP contribution in [0, 0.1) is 6.92 Å². The summed E-state index contributed by atoms with van der Waals surface area (Å²) in [6.45, 7) is 5.74. The van der Waals surface area contributed by atoms with Gasteiger partial charge in [0.2, 0.25) is 17.1 Å². The first-order valence-corrected chi connectivity index (χ1v) is 15.0. The maximum absolute atomic E-state index is 5.87. The molecule has 5 heteroatoms. The van der Waals surface area contributed by atoms with Gasteiger partial charge in [0.15, 0.2) is 6.20 Å². The fourth-order valence-corrected chi connectivity index (χ4v) is 6.06. The van der Waals surface area contributed by atoms with Crippen molar-refractivity contribution in [3.8, 4) is 56.7 Å². The van der Waals surface area contributed by atoms with Crippen molar-refractivity contribution in [2.45, 2.75) is 27.1 Å². The maximum atomic E-state index is 5.87. The summed E-state index contributed by atoms with van der Waals surface area (Å²) in [7, 11) is 3.46. The van der Waals surface area contributed by atoms with Gasteiger partial charge in [-0.05, 0) is 67.9 Å². The lowest BCUT2D eigenvalue weighted by Crippen LogP contribution is -2.56. The average Bonchev–Trinajstić information content (AvgIpc) is 3.08. The molecule has 44 heavy (non-hydrogen) atoms. The van der Waals surface area contributed by atoms with Crippen molar-refractivity contribution in [3.63, 3.8) is 0 Å². The molecule has 3 heterocycles. The topological polar surface area (TPSA) is 30.1 Å². The first-order valence-electron chi connectivity index (χ1n) is 15.0. The number of ether oxygens (including phenoxy) is 2. The third kappa shape index (κ3) is 5.45. The largest absolute Gasteiger partial charge is 0.496 e. The Kier molecular flexibility index (Phi) is 8.46. The standard InChI is InChI=1S/C39H38N3O2/c1-5-41-34(31-18-8-10-25-38(31)43-3)21-14-23-36(41)37-24-15-22-35(32-19-9-11-26-39(32)44-4)42(37)28-40-27-13-12-20-33(40)30-17-7-6-16-29(30)2/h6-27H,5,28H2,1-4H3/q+3. The van der Waals surface area contributed by atoms with E-state index in [4.69, 9.17) is 9.47 Å². The number of aromatic nitrogens is 3. The minimum atomic E-state index is 0.594. The molecule has 0 spiro atoms. The molecule has 0 amide bonds. The molecule has 0 saturated heterocycles. The second-order valence-corrected chi connectivity index (χ2v) is 10.7. The van der Waals surface area contributed by atoms with E-state index in [-0.39, 0.29) is 0 Å². The maximum Gasteiger partial charge on any atom is 0.345 e. The average molecular weight is 581 g/mol. The van der Waals surface area contributed by atoms with Crippen LogP contribution < -0.4 is 23.2 Å². The van der Waals surface area contributed by atoms with E-state index >= 15 is 0 Å². The molecule has 6 rings (SSSR count). The smallest absolute Gasteiger partial charge is 0.345 e. The summed E-state index contributed by atoms with van der Waals surface area (Å²) >= 11 is 0. The fraction of sp³-hybridized carbons (Fsp3) is 0.154. The molecule has 0 atom stereocenters. The van der Waals surface area contributed by atoms with E-state index < -0.39 is 0 Å². The number of pyridine rings is 3. The van der Waals surface area contributed by atoms with E-state index in [1.165, 1.54) is 11.1 Å². The van der Waals surface area contributed by atoms with Crippen molar-refractivity contribution in [2.75, 3.05) is 14.2 Å². The minimum Gasteiger partial charge on any atom is -0.496 e. The molecule has 0 unspecified atom stereocenters. The van der Waals surface area contributed by atoms with Gasteiger partial charge in [-0.3, -0.25) is 0 Å². The number of benzene rings is 3. The molecule has 0 aliphatic rings. The van der Waals surface area contributed by atoms with Gasteiger partial charge < -0.3 is 9.47 Å². The van der Waals surface area contributed by atoms with Crippen LogP contribution in [0.25, 0.3) is 45.2 Å². The molecule has 0 bridgehead atoms. The molecular weight excluding hydrogens is 542 g/mol. The lowest BCUT2D eigenvalue weighted by Gasteiger charge is -2.13. The summed E-state index contributed by atoms with van der Waals surface area (Å²) in [5.74, 6) is 1.69. The Hall–Kier alpha value is -5.29. The van der Waals surface area contributed by atoms with E-state index in [9.17, 15) is 0 Å². The zero-order valence-electron chi connectivity index (χ0n) is 25.8. The van der Waals surface area contributed by atoms with Crippen LogP contribution >= 0.6 is 0 Å². The third-order valence-electron chi connectivity index (χ3n) is 8.18. The van der Waals surface area contributed by atoms with E-state index in [0.29, 0.717) is 6.67 Å². The molecule has 3 aromatic heterocycles.